The summed E-state index contributed by atoms with van der Waals surface area (Å²) in [5, 5.41) is 11.6. The Balaban J connectivity index is 1.47. The van der Waals surface area contributed by atoms with Gasteiger partial charge in [-0.25, -0.2) is 9.98 Å². The topological polar surface area (TPSA) is 87.0 Å². The average Bonchev–Trinajstić information content (AvgIpc) is 3.47. The summed E-state index contributed by atoms with van der Waals surface area (Å²) in [6.07, 6.45) is 3.58. The fourth-order valence-electron chi connectivity index (χ4n) is 3.29. The van der Waals surface area contributed by atoms with E-state index in [0.717, 1.165) is 41.1 Å². The molecule has 0 saturated heterocycles. The van der Waals surface area contributed by atoms with E-state index in [1.807, 2.05) is 71.2 Å². The van der Waals surface area contributed by atoms with Gasteiger partial charge in [-0.1, -0.05) is 48.5 Å². The lowest BCUT2D eigenvalue weighted by molar-refractivity contribution is 0.463. The molecule has 2 aromatic heterocycles. The predicted molar refractivity (Wildman–Crippen MR) is 122 cm³/mol. The van der Waals surface area contributed by atoms with Crippen molar-refractivity contribution in [3.8, 4) is 16.9 Å². The normalized spacial score (nSPS) is 11.5. The van der Waals surface area contributed by atoms with E-state index in [2.05, 4.69) is 44.5 Å². The molecule has 0 bridgehead atoms. The van der Waals surface area contributed by atoms with Crippen LogP contribution in [0.25, 0.3) is 16.9 Å². The van der Waals surface area contributed by atoms with Gasteiger partial charge in [0.25, 0.3) is 0 Å². The van der Waals surface area contributed by atoms with Gasteiger partial charge in [-0.3, -0.25) is 4.57 Å². The molecule has 0 amide bonds. The van der Waals surface area contributed by atoms with Crippen molar-refractivity contribution < 1.29 is 0 Å². The summed E-state index contributed by atoms with van der Waals surface area (Å²) in [5.41, 5.74) is 3.13. The van der Waals surface area contributed by atoms with E-state index in [4.69, 9.17) is 4.99 Å². The van der Waals surface area contributed by atoms with Crippen LogP contribution in [-0.4, -0.2) is 49.2 Å². The molecule has 0 atom stereocenters. The zero-order valence-electron chi connectivity index (χ0n) is 17.7. The van der Waals surface area contributed by atoms with Gasteiger partial charge >= 0.3 is 0 Å². The molecule has 31 heavy (non-hydrogen) atoms. The number of H-pyrrole nitrogens is 1. The molecule has 0 radical (unpaired) electrons. The minimum atomic E-state index is 0.412. The summed E-state index contributed by atoms with van der Waals surface area (Å²) in [6, 6.07) is 20.2. The maximum Gasteiger partial charge on any atom is 0.194 e. The molecule has 4 aromatic rings. The third kappa shape index (κ3) is 4.98. The van der Waals surface area contributed by atoms with E-state index >= 15 is 0 Å². The summed E-state index contributed by atoms with van der Waals surface area (Å²) in [5.74, 6) is 2.43. The second-order valence-electron chi connectivity index (χ2n) is 7.09. The van der Waals surface area contributed by atoms with Crippen molar-refractivity contribution in [1.82, 2.24) is 34.9 Å². The van der Waals surface area contributed by atoms with Gasteiger partial charge < -0.3 is 15.2 Å². The Labute approximate surface area is 181 Å². The number of para-hydroxylation sites is 1. The van der Waals surface area contributed by atoms with E-state index < -0.39 is 0 Å². The number of aromatic nitrogens is 5. The molecule has 0 aliphatic heterocycles. The monoisotopic (exact) mass is 414 g/mol. The number of guanidine groups is 1. The molecular weight excluding hydrogens is 388 g/mol. The molecule has 0 aliphatic carbocycles. The second-order valence-corrected chi connectivity index (χ2v) is 7.09. The van der Waals surface area contributed by atoms with Crippen LogP contribution in [0.3, 0.4) is 0 Å². The van der Waals surface area contributed by atoms with Gasteiger partial charge in [0.05, 0.1) is 18.4 Å². The van der Waals surface area contributed by atoms with Gasteiger partial charge in [-0.05, 0) is 24.6 Å². The van der Waals surface area contributed by atoms with Crippen LogP contribution < -0.4 is 5.32 Å². The van der Waals surface area contributed by atoms with E-state index in [1.54, 1.807) is 6.33 Å². The highest BCUT2D eigenvalue weighted by Crippen LogP contribution is 2.16. The third-order valence-corrected chi connectivity index (χ3v) is 4.82. The van der Waals surface area contributed by atoms with Crippen molar-refractivity contribution in [3.05, 3.63) is 84.8 Å². The van der Waals surface area contributed by atoms with Crippen LogP contribution >= 0.6 is 0 Å². The van der Waals surface area contributed by atoms with Crippen LogP contribution in [0.1, 0.15) is 18.6 Å². The standard InChI is InChI=1S/C23H26N8/c1-3-24-23(26-15-22-29-27-17-31(22)19-12-8-5-9-13-19)30(2)16-21-25-14-20(28-21)18-10-6-4-7-11-18/h4-14,17H,3,15-16H2,1-2H3,(H,24,26)(H,25,28). The van der Waals surface area contributed by atoms with Crippen molar-refractivity contribution in [2.24, 2.45) is 4.99 Å². The highest BCUT2D eigenvalue weighted by molar-refractivity contribution is 5.79. The third-order valence-electron chi connectivity index (χ3n) is 4.82. The molecule has 2 heterocycles. The Hall–Kier alpha value is -3.94. The molecule has 8 heteroatoms. The van der Waals surface area contributed by atoms with Crippen molar-refractivity contribution in [2.75, 3.05) is 13.6 Å². The summed E-state index contributed by atoms with van der Waals surface area (Å²) in [6.45, 7) is 3.83. The van der Waals surface area contributed by atoms with Crippen molar-refractivity contribution in [1.29, 1.82) is 0 Å². The van der Waals surface area contributed by atoms with Crippen molar-refractivity contribution >= 4 is 5.96 Å². The Morgan fingerprint density at radius 3 is 2.58 bits per heavy atom. The molecule has 0 aliphatic rings. The Morgan fingerprint density at radius 1 is 1.10 bits per heavy atom. The number of imidazole rings is 1. The molecule has 2 N–H and O–H groups in total. The van der Waals surface area contributed by atoms with Crippen LogP contribution in [0.4, 0.5) is 0 Å². The van der Waals surface area contributed by atoms with Crippen LogP contribution in [0, 0.1) is 0 Å². The first-order valence-electron chi connectivity index (χ1n) is 10.3. The molecule has 0 fully saturated rings. The van der Waals surface area contributed by atoms with Gasteiger partial charge in [0, 0.05) is 19.3 Å². The van der Waals surface area contributed by atoms with E-state index in [1.165, 1.54) is 0 Å². The van der Waals surface area contributed by atoms with Gasteiger partial charge in [0.2, 0.25) is 0 Å². The summed E-state index contributed by atoms with van der Waals surface area (Å²) >= 11 is 0. The lowest BCUT2D eigenvalue weighted by Gasteiger charge is -2.21. The number of hydrogen-bond acceptors (Lipinski definition) is 4. The largest absolute Gasteiger partial charge is 0.357 e. The molecule has 158 valence electrons. The summed E-state index contributed by atoms with van der Waals surface area (Å²) in [7, 11) is 1.99. The molecule has 0 saturated carbocycles. The van der Waals surface area contributed by atoms with E-state index in [9.17, 15) is 0 Å². The SMILES string of the molecule is CCNC(=NCc1nncn1-c1ccccc1)N(C)Cc1ncc(-c2ccccc2)[nH]1. The highest BCUT2D eigenvalue weighted by atomic mass is 15.3. The number of aliphatic imine (C=N–C) groups is 1. The highest BCUT2D eigenvalue weighted by Gasteiger charge is 2.11. The van der Waals surface area contributed by atoms with E-state index in [0.29, 0.717) is 13.1 Å². The number of aromatic amines is 1. The molecule has 4 rings (SSSR count). The minimum absolute atomic E-state index is 0.412. The van der Waals surface area contributed by atoms with Crippen molar-refractivity contribution in [3.63, 3.8) is 0 Å². The lowest BCUT2D eigenvalue weighted by atomic mass is 10.2. The number of rotatable bonds is 7. The van der Waals surface area contributed by atoms with E-state index in [-0.39, 0.29) is 0 Å². The second kappa shape index (κ2) is 9.71. The molecular formula is C23H26N8. The molecule has 0 unspecified atom stereocenters. The van der Waals surface area contributed by atoms with Gasteiger partial charge in [0.15, 0.2) is 11.8 Å². The van der Waals surface area contributed by atoms with Crippen LogP contribution in [0.5, 0.6) is 0 Å². The average molecular weight is 415 g/mol. The Morgan fingerprint density at radius 2 is 1.84 bits per heavy atom. The summed E-state index contributed by atoms with van der Waals surface area (Å²) < 4.78 is 1.95. The minimum Gasteiger partial charge on any atom is -0.357 e. The van der Waals surface area contributed by atoms with Crippen LogP contribution in [0.15, 0.2) is 78.2 Å². The first-order chi connectivity index (χ1) is 15.2. The maximum atomic E-state index is 4.77. The smallest absolute Gasteiger partial charge is 0.194 e. The fraction of sp³-hybridized carbons (Fsp3) is 0.217. The Bertz CT molecular complexity index is 1110. The van der Waals surface area contributed by atoms with Gasteiger partial charge in [-0.15, -0.1) is 10.2 Å². The maximum absolute atomic E-state index is 4.77. The molecule has 2 aromatic carbocycles. The first kappa shape index (κ1) is 20.3. The number of hydrogen-bond donors (Lipinski definition) is 2. The molecule has 8 nitrogen and oxygen atoms in total. The zero-order valence-corrected chi connectivity index (χ0v) is 17.7. The number of benzene rings is 2. The van der Waals surface area contributed by atoms with Crippen LogP contribution in [0.2, 0.25) is 0 Å². The lowest BCUT2D eigenvalue weighted by Crippen LogP contribution is -2.38. The quantitative estimate of drug-likeness (QED) is 0.358. The first-order valence-corrected chi connectivity index (χ1v) is 10.3. The molecule has 0 spiro atoms. The van der Waals surface area contributed by atoms with Gasteiger partial charge in [0.1, 0.15) is 18.7 Å². The predicted octanol–water partition coefficient (Wildman–Crippen LogP) is 3.25. The van der Waals surface area contributed by atoms with Crippen molar-refractivity contribution in [2.45, 2.75) is 20.0 Å². The fourth-order valence-corrected chi connectivity index (χ4v) is 3.29. The Kier molecular flexibility index (Phi) is 6.37. The zero-order chi connectivity index (χ0) is 21.5. The van der Waals surface area contributed by atoms with Gasteiger partial charge in [-0.2, -0.15) is 0 Å². The number of nitrogens with zero attached hydrogens (tertiary/aromatic N) is 6. The van der Waals surface area contributed by atoms with Crippen LogP contribution in [-0.2, 0) is 13.1 Å². The number of nitrogens with one attached hydrogen (secondary N) is 2. The summed E-state index contributed by atoms with van der Waals surface area (Å²) in [4.78, 5) is 14.7.